The van der Waals surface area contributed by atoms with Crippen molar-refractivity contribution in [2.24, 2.45) is 0 Å². The third kappa shape index (κ3) is 2.21. The van der Waals surface area contributed by atoms with Gasteiger partial charge in [0.25, 0.3) is 11.7 Å². The van der Waals surface area contributed by atoms with Gasteiger partial charge in [-0.15, -0.1) is 0 Å². The van der Waals surface area contributed by atoms with Crippen molar-refractivity contribution >= 4 is 44.4 Å². The monoisotopic (exact) mass is 303 g/mol. The van der Waals surface area contributed by atoms with Crippen LogP contribution in [0.5, 0.6) is 0 Å². The minimum absolute atomic E-state index is 0.0520. The molecule has 1 heterocycles. The molecule has 0 saturated heterocycles. The van der Waals surface area contributed by atoms with Gasteiger partial charge in [-0.3, -0.25) is 4.79 Å². The number of rotatable bonds is 2. The van der Waals surface area contributed by atoms with Gasteiger partial charge in [-0.2, -0.15) is 0 Å². The first-order valence-electron chi connectivity index (χ1n) is 3.27. The maximum Gasteiger partial charge on any atom is 0.266 e. The lowest BCUT2D eigenvalue weighted by Gasteiger charge is -2.07. The molecule has 1 aromatic heterocycles. The fourth-order valence-corrected chi connectivity index (χ4v) is 1.55. The molecule has 0 bridgehead atoms. The lowest BCUT2D eigenvalue weighted by atomic mass is 10.1. The Morgan fingerprint density at radius 2 is 2.14 bits per heavy atom. The average Bonchev–Trinajstić information content (AvgIpc) is 2.08. The Morgan fingerprint density at radius 1 is 1.57 bits per heavy atom. The third-order valence-corrected chi connectivity index (χ3v) is 2.86. The number of hydrogen-bond donors (Lipinski definition) is 0. The highest BCUT2D eigenvalue weighted by Gasteiger charge is 2.23. The first kappa shape index (κ1) is 11.8. The lowest BCUT2D eigenvalue weighted by Crippen LogP contribution is -2.01. The van der Waals surface area contributed by atoms with Gasteiger partial charge >= 0.3 is 0 Å². The van der Waals surface area contributed by atoms with Crippen LogP contribution in [0.2, 0.25) is 5.02 Å². The molecule has 2 nitrogen and oxygen atoms in total. The summed E-state index contributed by atoms with van der Waals surface area (Å²) in [5.41, 5.74) is -0.983. The van der Waals surface area contributed by atoms with Crippen LogP contribution in [0.25, 0.3) is 0 Å². The maximum atomic E-state index is 12.5. The van der Waals surface area contributed by atoms with Crippen LogP contribution in [0.15, 0.2) is 10.8 Å². The van der Waals surface area contributed by atoms with Gasteiger partial charge in [0.2, 0.25) is 0 Å². The van der Waals surface area contributed by atoms with Crippen LogP contribution in [-0.2, 0) is 0 Å². The van der Waals surface area contributed by atoms with Crippen molar-refractivity contribution in [1.82, 2.24) is 4.98 Å². The lowest BCUT2D eigenvalue weighted by molar-refractivity contribution is 0.106. The number of halogens is 5. The Morgan fingerprint density at radius 3 is 2.57 bits per heavy atom. The molecule has 0 atom stereocenters. The van der Waals surface area contributed by atoms with Gasteiger partial charge in [-0.25, -0.2) is 13.8 Å². The quantitative estimate of drug-likeness (QED) is 0.614. The Hall–Kier alpha value is -0.260. The second kappa shape index (κ2) is 4.51. The topological polar surface area (TPSA) is 30.0 Å². The van der Waals surface area contributed by atoms with Crippen LogP contribution in [-0.4, -0.2) is 10.2 Å². The molecule has 14 heavy (non-hydrogen) atoms. The molecule has 0 aliphatic rings. The van der Waals surface area contributed by atoms with Gasteiger partial charge in [-0.1, -0.05) is 11.6 Å². The van der Waals surface area contributed by atoms with Crippen molar-refractivity contribution < 1.29 is 13.6 Å². The zero-order chi connectivity index (χ0) is 10.9. The molecule has 76 valence electrons. The van der Waals surface area contributed by atoms with E-state index in [4.69, 9.17) is 23.2 Å². The molecule has 0 spiro atoms. The molecule has 0 amide bonds. The summed E-state index contributed by atoms with van der Waals surface area (Å²) in [6, 6.07) is 0. The molecular formula is C7H2BrCl2F2NO. The van der Waals surface area contributed by atoms with E-state index in [1.165, 1.54) is 0 Å². The number of aromatic nitrogens is 1. The van der Waals surface area contributed by atoms with Crippen LogP contribution in [0.3, 0.4) is 0 Å². The van der Waals surface area contributed by atoms with Gasteiger partial charge in [0.05, 0.1) is 16.1 Å². The van der Waals surface area contributed by atoms with E-state index in [0.717, 1.165) is 6.20 Å². The second-order valence-corrected chi connectivity index (χ2v) is 3.74. The normalized spacial score (nSPS) is 10.7. The van der Waals surface area contributed by atoms with Crippen molar-refractivity contribution in [3.63, 3.8) is 0 Å². The minimum Gasteiger partial charge on any atom is -0.276 e. The molecule has 0 aliphatic heterocycles. The number of carbonyl (C=O) groups excluding carboxylic acids is 1. The van der Waals surface area contributed by atoms with Crippen molar-refractivity contribution in [1.29, 1.82) is 0 Å². The van der Waals surface area contributed by atoms with E-state index in [9.17, 15) is 13.6 Å². The van der Waals surface area contributed by atoms with Gasteiger partial charge < -0.3 is 0 Å². The minimum atomic E-state index is -2.88. The standard InChI is InChI=1S/C7H2BrCl2F2NO/c8-5-4(9)3(7(11)12)2(1-13-5)6(10)14/h1,7H. The van der Waals surface area contributed by atoms with Gasteiger partial charge in [0.15, 0.2) is 0 Å². The zero-order valence-electron chi connectivity index (χ0n) is 6.40. The predicted octanol–water partition coefficient (Wildman–Crippen LogP) is 3.81. The number of nitrogens with zero attached hydrogens (tertiary/aromatic N) is 1. The molecule has 1 aromatic rings. The van der Waals surface area contributed by atoms with E-state index >= 15 is 0 Å². The van der Waals surface area contributed by atoms with Crippen molar-refractivity contribution in [3.8, 4) is 0 Å². The highest BCUT2D eigenvalue weighted by molar-refractivity contribution is 9.10. The summed E-state index contributed by atoms with van der Waals surface area (Å²) in [5.74, 6) is 0. The fourth-order valence-electron chi connectivity index (χ4n) is 0.847. The summed E-state index contributed by atoms with van der Waals surface area (Å²) < 4.78 is 25.0. The summed E-state index contributed by atoms with van der Waals surface area (Å²) >= 11 is 13.5. The number of alkyl halides is 2. The summed E-state index contributed by atoms with van der Waals surface area (Å²) in [6.07, 6.45) is -1.92. The van der Waals surface area contributed by atoms with Crippen LogP contribution >= 0.6 is 39.1 Å². The average molecular weight is 305 g/mol. The smallest absolute Gasteiger partial charge is 0.266 e. The Kier molecular flexibility index (Phi) is 3.80. The highest BCUT2D eigenvalue weighted by Crippen LogP contribution is 2.34. The van der Waals surface area contributed by atoms with Crippen LogP contribution in [0.4, 0.5) is 8.78 Å². The van der Waals surface area contributed by atoms with Gasteiger partial charge in [0.1, 0.15) is 4.60 Å². The molecule has 1 rings (SSSR count). The summed E-state index contributed by atoms with van der Waals surface area (Å²) in [7, 11) is 0. The zero-order valence-corrected chi connectivity index (χ0v) is 9.50. The van der Waals surface area contributed by atoms with E-state index in [1.807, 2.05) is 0 Å². The number of pyridine rings is 1. The first-order valence-corrected chi connectivity index (χ1v) is 4.82. The molecular weight excluding hydrogens is 303 g/mol. The largest absolute Gasteiger partial charge is 0.276 e. The third-order valence-electron chi connectivity index (χ3n) is 1.44. The van der Waals surface area contributed by atoms with Crippen molar-refractivity contribution in [2.45, 2.75) is 6.43 Å². The van der Waals surface area contributed by atoms with E-state index in [1.54, 1.807) is 0 Å². The fraction of sp³-hybridized carbons (Fsp3) is 0.143. The summed E-state index contributed by atoms with van der Waals surface area (Å²) in [5, 5.41) is -1.31. The Balaban J connectivity index is 3.45. The van der Waals surface area contributed by atoms with Gasteiger partial charge in [0, 0.05) is 6.20 Å². The van der Waals surface area contributed by atoms with Crippen LogP contribution in [0, 0.1) is 0 Å². The Labute approximate surface area is 96.3 Å². The second-order valence-electron chi connectivity index (χ2n) is 2.26. The predicted molar refractivity (Wildman–Crippen MR) is 52.1 cm³/mol. The van der Waals surface area contributed by atoms with Gasteiger partial charge in [-0.05, 0) is 27.5 Å². The van der Waals surface area contributed by atoms with E-state index in [0.29, 0.717) is 0 Å². The highest BCUT2D eigenvalue weighted by atomic mass is 79.9. The molecule has 0 radical (unpaired) electrons. The SMILES string of the molecule is O=C(Cl)c1cnc(Br)c(Cl)c1C(F)F. The number of carbonyl (C=O) groups is 1. The maximum absolute atomic E-state index is 12.5. The Bertz CT molecular complexity index is 386. The summed E-state index contributed by atoms with van der Waals surface area (Å²) in [6.45, 7) is 0. The molecule has 0 aliphatic carbocycles. The molecule has 7 heteroatoms. The molecule has 0 aromatic carbocycles. The molecule has 0 N–H and O–H groups in total. The van der Waals surface area contributed by atoms with E-state index < -0.39 is 17.2 Å². The molecule has 0 saturated carbocycles. The molecule has 0 unspecified atom stereocenters. The van der Waals surface area contributed by atoms with E-state index in [-0.39, 0.29) is 15.2 Å². The summed E-state index contributed by atoms with van der Waals surface area (Å²) in [4.78, 5) is 14.3. The van der Waals surface area contributed by atoms with Crippen molar-refractivity contribution in [2.75, 3.05) is 0 Å². The van der Waals surface area contributed by atoms with Crippen LogP contribution < -0.4 is 0 Å². The van der Waals surface area contributed by atoms with Crippen LogP contribution in [0.1, 0.15) is 22.3 Å². The van der Waals surface area contributed by atoms with E-state index in [2.05, 4.69) is 20.9 Å². The first-order chi connectivity index (χ1) is 6.45. The number of hydrogen-bond acceptors (Lipinski definition) is 2. The van der Waals surface area contributed by atoms with Crippen molar-refractivity contribution in [3.05, 3.63) is 26.9 Å². The molecule has 0 fully saturated rings.